The lowest BCUT2D eigenvalue weighted by molar-refractivity contribution is -0.135. The van der Waals surface area contributed by atoms with E-state index in [1.165, 1.54) is 24.0 Å². The SMILES string of the molecule is Cc1ccc(CN(CCC2=CCCCC2)C(=O)C2CCS(=O)(=O)C2)cc1. The Hall–Kier alpha value is -1.62. The Bertz CT molecular complexity index is 765. The molecule has 1 unspecified atom stereocenters. The van der Waals surface area contributed by atoms with E-state index in [0.717, 1.165) is 24.8 Å². The average Bonchev–Trinajstić information content (AvgIpc) is 3.00. The van der Waals surface area contributed by atoms with Crippen molar-refractivity contribution in [2.75, 3.05) is 18.1 Å². The molecule has 3 rings (SSSR count). The molecule has 0 saturated carbocycles. The Kier molecular flexibility index (Phi) is 6.17. The average molecular weight is 376 g/mol. The molecule has 142 valence electrons. The van der Waals surface area contributed by atoms with Crippen LogP contribution in [0.1, 0.15) is 49.7 Å². The second kappa shape index (κ2) is 8.38. The Labute approximate surface area is 157 Å². The molecule has 1 aliphatic heterocycles. The van der Waals surface area contributed by atoms with Crippen LogP contribution in [0.4, 0.5) is 0 Å². The van der Waals surface area contributed by atoms with Crippen LogP contribution in [-0.2, 0) is 21.2 Å². The van der Waals surface area contributed by atoms with Gasteiger partial charge in [-0.15, -0.1) is 0 Å². The van der Waals surface area contributed by atoms with Gasteiger partial charge in [0.1, 0.15) is 0 Å². The number of carbonyl (C=O) groups is 1. The number of amides is 1. The van der Waals surface area contributed by atoms with Gasteiger partial charge in [-0.1, -0.05) is 41.5 Å². The molecule has 5 heteroatoms. The van der Waals surface area contributed by atoms with Crippen molar-refractivity contribution in [1.82, 2.24) is 4.90 Å². The van der Waals surface area contributed by atoms with E-state index in [9.17, 15) is 13.2 Å². The van der Waals surface area contributed by atoms with E-state index < -0.39 is 9.84 Å². The van der Waals surface area contributed by atoms with Crippen LogP contribution in [0.15, 0.2) is 35.9 Å². The van der Waals surface area contributed by atoms with Gasteiger partial charge in [0.2, 0.25) is 5.91 Å². The van der Waals surface area contributed by atoms with Gasteiger partial charge in [-0.2, -0.15) is 0 Å². The highest BCUT2D eigenvalue weighted by Gasteiger charge is 2.35. The van der Waals surface area contributed by atoms with Gasteiger partial charge in [0, 0.05) is 13.1 Å². The van der Waals surface area contributed by atoms with Crippen LogP contribution in [0.5, 0.6) is 0 Å². The number of rotatable bonds is 6. The summed E-state index contributed by atoms with van der Waals surface area (Å²) >= 11 is 0. The van der Waals surface area contributed by atoms with Crippen LogP contribution in [0.2, 0.25) is 0 Å². The summed E-state index contributed by atoms with van der Waals surface area (Å²) in [6, 6.07) is 8.23. The fraction of sp³-hybridized carbons (Fsp3) is 0.571. The van der Waals surface area contributed by atoms with Gasteiger partial charge >= 0.3 is 0 Å². The minimum atomic E-state index is -3.05. The van der Waals surface area contributed by atoms with Crippen LogP contribution >= 0.6 is 0 Å². The van der Waals surface area contributed by atoms with Crippen LogP contribution in [0, 0.1) is 12.8 Å². The van der Waals surface area contributed by atoms with Gasteiger partial charge in [-0.05, 0) is 51.0 Å². The predicted molar refractivity (Wildman–Crippen MR) is 105 cm³/mol. The molecule has 1 aliphatic carbocycles. The molecule has 1 amide bonds. The highest BCUT2D eigenvalue weighted by Crippen LogP contribution is 2.24. The number of benzene rings is 1. The molecule has 1 fully saturated rings. The predicted octanol–water partition coefficient (Wildman–Crippen LogP) is 3.65. The zero-order valence-corrected chi connectivity index (χ0v) is 16.4. The Morgan fingerprint density at radius 2 is 1.96 bits per heavy atom. The van der Waals surface area contributed by atoms with E-state index in [4.69, 9.17) is 0 Å². The molecule has 26 heavy (non-hydrogen) atoms. The largest absolute Gasteiger partial charge is 0.338 e. The molecule has 1 heterocycles. The Morgan fingerprint density at radius 3 is 2.58 bits per heavy atom. The molecule has 1 saturated heterocycles. The van der Waals surface area contributed by atoms with Gasteiger partial charge in [-0.25, -0.2) is 8.42 Å². The number of hydrogen-bond acceptors (Lipinski definition) is 3. The third-order valence-corrected chi connectivity index (χ3v) is 7.24. The first-order valence-electron chi connectivity index (χ1n) is 9.65. The summed E-state index contributed by atoms with van der Waals surface area (Å²) in [5, 5.41) is 0. The van der Waals surface area contributed by atoms with Crippen molar-refractivity contribution in [2.24, 2.45) is 5.92 Å². The van der Waals surface area contributed by atoms with Crippen molar-refractivity contribution in [1.29, 1.82) is 0 Å². The molecule has 1 aromatic rings. The fourth-order valence-electron chi connectivity index (χ4n) is 3.84. The topological polar surface area (TPSA) is 54.5 Å². The molecular formula is C21H29NO3S. The Balaban J connectivity index is 1.70. The molecule has 0 bridgehead atoms. The van der Waals surface area contributed by atoms with E-state index in [-0.39, 0.29) is 23.3 Å². The summed E-state index contributed by atoms with van der Waals surface area (Å²) < 4.78 is 23.6. The molecular weight excluding hydrogens is 346 g/mol. The molecule has 0 radical (unpaired) electrons. The van der Waals surface area contributed by atoms with Gasteiger partial charge in [0.15, 0.2) is 9.84 Å². The number of aryl methyl sites for hydroxylation is 1. The zero-order chi connectivity index (χ0) is 18.6. The Morgan fingerprint density at radius 1 is 1.19 bits per heavy atom. The summed E-state index contributed by atoms with van der Waals surface area (Å²) in [7, 11) is -3.05. The highest BCUT2D eigenvalue weighted by atomic mass is 32.2. The number of carbonyl (C=O) groups excluding carboxylic acids is 1. The standard InChI is InChI=1S/C21H29NO3S/c1-17-7-9-19(10-8-17)15-22(13-11-18-5-3-2-4-6-18)21(23)20-12-14-26(24,25)16-20/h5,7-10,20H,2-4,6,11-16H2,1H3. The summed E-state index contributed by atoms with van der Waals surface area (Å²) in [5.41, 5.74) is 3.74. The molecule has 0 spiro atoms. The first-order chi connectivity index (χ1) is 12.4. The third kappa shape index (κ3) is 5.19. The normalized spacial score (nSPS) is 22.0. The van der Waals surface area contributed by atoms with Crippen LogP contribution in [0.25, 0.3) is 0 Å². The lowest BCUT2D eigenvalue weighted by Gasteiger charge is -2.26. The first-order valence-corrected chi connectivity index (χ1v) is 11.5. The molecule has 1 atom stereocenters. The molecule has 1 aromatic carbocycles. The van der Waals surface area contributed by atoms with E-state index in [1.54, 1.807) is 0 Å². The van der Waals surface area contributed by atoms with Gasteiger partial charge < -0.3 is 4.90 Å². The van der Waals surface area contributed by atoms with E-state index in [1.807, 2.05) is 11.8 Å². The summed E-state index contributed by atoms with van der Waals surface area (Å²) in [6.07, 6.45) is 8.45. The number of nitrogens with zero attached hydrogens (tertiary/aromatic N) is 1. The minimum Gasteiger partial charge on any atom is -0.338 e. The summed E-state index contributed by atoms with van der Waals surface area (Å²) in [5.74, 6) is -0.208. The van der Waals surface area contributed by atoms with Crippen molar-refractivity contribution in [3.05, 3.63) is 47.0 Å². The summed E-state index contributed by atoms with van der Waals surface area (Å²) in [4.78, 5) is 14.9. The molecule has 2 aliphatic rings. The van der Waals surface area contributed by atoms with Gasteiger partial charge in [-0.3, -0.25) is 4.79 Å². The molecule has 0 N–H and O–H groups in total. The van der Waals surface area contributed by atoms with Crippen LogP contribution in [-0.4, -0.2) is 37.3 Å². The monoisotopic (exact) mass is 375 g/mol. The second-order valence-corrected chi connectivity index (χ2v) is 9.93. The molecule has 4 nitrogen and oxygen atoms in total. The fourth-order valence-corrected chi connectivity index (χ4v) is 5.57. The van der Waals surface area contributed by atoms with E-state index in [0.29, 0.717) is 19.5 Å². The maximum Gasteiger partial charge on any atom is 0.227 e. The maximum absolute atomic E-state index is 13.0. The quantitative estimate of drug-likeness (QED) is 0.713. The van der Waals surface area contributed by atoms with Gasteiger partial charge in [0.05, 0.1) is 17.4 Å². The highest BCUT2D eigenvalue weighted by molar-refractivity contribution is 7.91. The number of sulfone groups is 1. The summed E-state index contributed by atoms with van der Waals surface area (Å²) in [6.45, 7) is 3.28. The molecule has 0 aromatic heterocycles. The minimum absolute atomic E-state index is 0.00283. The smallest absolute Gasteiger partial charge is 0.227 e. The van der Waals surface area contributed by atoms with Crippen LogP contribution in [0.3, 0.4) is 0 Å². The van der Waals surface area contributed by atoms with Crippen molar-refractivity contribution >= 4 is 15.7 Å². The van der Waals surface area contributed by atoms with Crippen molar-refractivity contribution in [2.45, 2.75) is 52.0 Å². The maximum atomic E-state index is 13.0. The van der Waals surface area contributed by atoms with Gasteiger partial charge in [0.25, 0.3) is 0 Å². The van der Waals surface area contributed by atoms with E-state index >= 15 is 0 Å². The zero-order valence-electron chi connectivity index (χ0n) is 15.6. The number of hydrogen-bond donors (Lipinski definition) is 0. The van der Waals surface area contributed by atoms with Crippen molar-refractivity contribution in [3.63, 3.8) is 0 Å². The van der Waals surface area contributed by atoms with E-state index in [2.05, 4.69) is 30.3 Å². The van der Waals surface area contributed by atoms with Crippen LogP contribution < -0.4 is 0 Å². The third-order valence-electron chi connectivity index (χ3n) is 5.48. The lowest BCUT2D eigenvalue weighted by Crippen LogP contribution is -2.37. The number of allylic oxidation sites excluding steroid dienone is 1. The first kappa shape index (κ1) is 19.2. The lowest BCUT2D eigenvalue weighted by atomic mass is 9.96. The van der Waals surface area contributed by atoms with Crippen molar-refractivity contribution in [3.8, 4) is 0 Å². The second-order valence-electron chi connectivity index (χ2n) is 7.70. The van der Waals surface area contributed by atoms with Crippen molar-refractivity contribution < 1.29 is 13.2 Å².